The third-order valence-electron chi connectivity index (χ3n) is 3.88. The minimum Gasteiger partial charge on any atom is -0.0619 e. The van der Waals surface area contributed by atoms with Crippen molar-refractivity contribution < 1.29 is 0 Å². The zero-order valence-electron chi connectivity index (χ0n) is 10.5. The zero-order chi connectivity index (χ0) is 12.7. The highest BCUT2D eigenvalue weighted by Gasteiger charge is 2.28. The van der Waals surface area contributed by atoms with Crippen LogP contribution in [-0.4, -0.2) is 0 Å². The van der Waals surface area contributed by atoms with Crippen LogP contribution < -0.4 is 0 Å². The molecule has 0 atom stereocenters. The zero-order valence-corrected chi connectivity index (χ0v) is 10.5. The quantitative estimate of drug-likeness (QED) is 0.455. The van der Waals surface area contributed by atoms with Crippen LogP contribution in [0.3, 0.4) is 0 Å². The molecule has 89 valence electrons. The predicted molar refractivity (Wildman–Crippen MR) is 78.1 cm³/mol. The highest BCUT2D eigenvalue weighted by Crippen LogP contribution is 2.47. The fraction of sp³-hybridized carbons (Fsp3) is 0.0526. The lowest BCUT2D eigenvalue weighted by molar-refractivity contribution is 1.01. The van der Waals surface area contributed by atoms with E-state index in [1.165, 1.54) is 27.8 Å². The molecular formula is C19H13. The first-order valence-corrected chi connectivity index (χ1v) is 6.60. The molecule has 0 aliphatic heterocycles. The van der Waals surface area contributed by atoms with Gasteiger partial charge in [0.1, 0.15) is 0 Å². The molecule has 0 aromatic heterocycles. The molecule has 0 fully saturated rings. The van der Waals surface area contributed by atoms with E-state index in [1.807, 2.05) is 12.1 Å². The Kier molecular flexibility index (Phi) is 2.28. The first-order chi connectivity index (χ1) is 9.45. The van der Waals surface area contributed by atoms with E-state index in [9.17, 15) is 0 Å². The van der Waals surface area contributed by atoms with Crippen LogP contribution in [0.15, 0.2) is 72.8 Å². The van der Waals surface area contributed by atoms with Gasteiger partial charge in [0.05, 0.1) is 0 Å². The first-order valence-electron chi connectivity index (χ1n) is 6.60. The van der Waals surface area contributed by atoms with Gasteiger partial charge in [-0.05, 0) is 33.9 Å². The summed E-state index contributed by atoms with van der Waals surface area (Å²) in [7, 11) is 0. The molecule has 0 heterocycles. The summed E-state index contributed by atoms with van der Waals surface area (Å²) >= 11 is 0. The van der Waals surface area contributed by atoms with Crippen molar-refractivity contribution in [2.75, 3.05) is 0 Å². The van der Waals surface area contributed by atoms with Gasteiger partial charge in [0, 0.05) is 5.92 Å². The summed E-state index contributed by atoms with van der Waals surface area (Å²) in [5.41, 5.74) is 6.76. The first kappa shape index (κ1) is 10.6. The molecule has 0 N–H and O–H groups in total. The fourth-order valence-corrected chi connectivity index (χ4v) is 3.08. The van der Waals surface area contributed by atoms with Crippen LogP contribution >= 0.6 is 0 Å². The molecule has 0 heteroatoms. The third-order valence-corrected chi connectivity index (χ3v) is 3.88. The highest BCUT2D eigenvalue weighted by atomic mass is 14.3. The Morgan fingerprint density at radius 3 is 1.79 bits per heavy atom. The normalized spacial score (nSPS) is 13.1. The van der Waals surface area contributed by atoms with Crippen LogP contribution in [0.5, 0.6) is 0 Å². The van der Waals surface area contributed by atoms with Crippen LogP contribution in [0, 0.1) is 6.07 Å². The van der Waals surface area contributed by atoms with Gasteiger partial charge in [-0.1, -0.05) is 72.8 Å². The van der Waals surface area contributed by atoms with Crippen LogP contribution in [0.25, 0.3) is 11.1 Å². The van der Waals surface area contributed by atoms with Gasteiger partial charge in [-0.2, -0.15) is 0 Å². The predicted octanol–water partition coefficient (Wildman–Crippen LogP) is 4.65. The Labute approximate surface area is 113 Å². The van der Waals surface area contributed by atoms with E-state index in [0.717, 1.165) is 0 Å². The fourth-order valence-electron chi connectivity index (χ4n) is 3.08. The Morgan fingerprint density at radius 1 is 0.632 bits per heavy atom. The molecule has 0 saturated carbocycles. The van der Waals surface area contributed by atoms with Crippen LogP contribution in [0.4, 0.5) is 0 Å². The molecule has 1 radical (unpaired) electrons. The molecule has 3 aromatic rings. The maximum Gasteiger partial charge on any atom is 0.0358 e. The Hall–Kier alpha value is -2.34. The van der Waals surface area contributed by atoms with Crippen molar-refractivity contribution in [2.45, 2.75) is 5.92 Å². The minimum atomic E-state index is 0.327. The number of fused-ring (bicyclic) bond motifs is 3. The molecule has 3 aromatic carbocycles. The molecule has 19 heavy (non-hydrogen) atoms. The molecule has 1 aliphatic rings. The SMILES string of the molecule is [c]1ccccc1C1c2ccccc2-c2ccccc21. The maximum atomic E-state index is 3.39. The van der Waals surface area contributed by atoms with Crippen molar-refractivity contribution in [2.24, 2.45) is 0 Å². The average Bonchev–Trinajstić information content (AvgIpc) is 2.83. The van der Waals surface area contributed by atoms with Gasteiger partial charge in [-0.15, -0.1) is 0 Å². The molecule has 4 rings (SSSR count). The van der Waals surface area contributed by atoms with Gasteiger partial charge in [-0.25, -0.2) is 0 Å². The van der Waals surface area contributed by atoms with Crippen molar-refractivity contribution in [1.29, 1.82) is 0 Å². The molecule has 1 aliphatic carbocycles. The minimum absolute atomic E-state index is 0.327. The van der Waals surface area contributed by atoms with Crippen molar-refractivity contribution in [3.05, 3.63) is 95.6 Å². The van der Waals surface area contributed by atoms with E-state index in [2.05, 4.69) is 66.7 Å². The summed E-state index contributed by atoms with van der Waals surface area (Å²) in [5, 5.41) is 0. The second kappa shape index (κ2) is 4.10. The van der Waals surface area contributed by atoms with Crippen molar-refractivity contribution in [3.63, 3.8) is 0 Å². The molecule has 0 unspecified atom stereocenters. The number of rotatable bonds is 1. The van der Waals surface area contributed by atoms with Gasteiger partial charge in [0.25, 0.3) is 0 Å². The van der Waals surface area contributed by atoms with Gasteiger partial charge < -0.3 is 0 Å². The van der Waals surface area contributed by atoms with Crippen molar-refractivity contribution in [1.82, 2.24) is 0 Å². The van der Waals surface area contributed by atoms with E-state index >= 15 is 0 Å². The number of hydrogen-bond acceptors (Lipinski definition) is 0. The van der Waals surface area contributed by atoms with E-state index < -0.39 is 0 Å². The summed E-state index contributed by atoms with van der Waals surface area (Å²) in [4.78, 5) is 0. The molecule has 0 amide bonds. The van der Waals surface area contributed by atoms with E-state index in [4.69, 9.17) is 0 Å². The third kappa shape index (κ3) is 1.53. The topological polar surface area (TPSA) is 0 Å². The number of hydrogen-bond donors (Lipinski definition) is 0. The summed E-state index contributed by atoms with van der Waals surface area (Å²) in [6, 6.07) is 29.1. The Balaban J connectivity index is 2.02. The van der Waals surface area contributed by atoms with Gasteiger partial charge in [0.15, 0.2) is 0 Å². The lowest BCUT2D eigenvalue weighted by Crippen LogP contribution is -1.98. The highest BCUT2D eigenvalue weighted by molar-refractivity contribution is 5.80. The molecule has 0 spiro atoms. The summed E-state index contributed by atoms with van der Waals surface area (Å²) in [6.07, 6.45) is 0. The van der Waals surface area contributed by atoms with Crippen LogP contribution in [-0.2, 0) is 0 Å². The van der Waals surface area contributed by atoms with E-state index in [0.29, 0.717) is 5.92 Å². The average molecular weight is 241 g/mol. The molecular weight excluding hydrogens is 228 g/mol. The Bertz CT molecular complexity index is 680. The van der Waals surface area contributed by atoms with Crippen LogP contribution in [0.2, 0.25) is 0 Å². The largest absolute Gasteiger partial charge is 0.0619 e. The van der Waals surface area contributed by atoms with Crippen molar-refractivity contribution in [3.8, 4) is 11.1 Å². The maximum absolute atomic E-state index is 3.39. The van der Waals surface area contributed by atoms with Crippen LogP contribution in [0.1, 0.15) is 22.6 Å². The van der Waals surface area contributed by atoms with Gasteiger partial charge in [-0.3, -0.25) is 0 Å². The molecule has 0 bridgehead atoms. The molecule has 0 saturated heterocycles. The van der Waals surface area contributed by atoms with E-state index in [-0.39, 0.29) is 0 Å². The summed E-state index contributed by atoms with van der Waals surface area (Å²) in [6.45, 7) is 0. The van der Waals surface area contributed by atoms with E-state index in [1.54, 1.807) is 0 Å². The second-order valence-corrected chi connectivity index (χ2v) is 4.93. The van der Waals surface area contributed by atoms with Crippen molar-refractivity contribution >= 4 is 0 Å². The summed E-state index contributed by atoms with van der Waals surface area (Å²) < 4.78 is 0. The smallest absolute Gasteiger partial charge is 0.0358 e. The standard InChI is InChI=1S/C19H13/c1-2-8-14(9-3-1)19-17-12-6-4-10-15(17)16-11-5-7-13-18(16)19/h1-8,10-13,19H. The Morgan fingerprint density at radius 2 is 1.21 bits per heavy atom. The number of benzene rings is 3. The summed E-state index contributed by atoms with van der Waals surface area (Å²) in [5.74, 6) is 0.327. The lowest BCUT2D eigenvalue weighted by Gasteiger charge is -2.13. The molecule has 0 nitrogen and oxygen atoms in total. The van der Waals surface area contributed by atoms with Gasteiger partial charge in [0.2, 0.25) is 0 Å². The monoisotopic (exact) mass is 241 g/mol. The van der Waals surface area contributed by atoms with Gasteiger partial charge >= 0.3 is 0 Å². The lowest BCUT2D eigenvalue weighted by atomic mass is 9.89. The second-order valence-electron chi connectivity index (χ2n) is 4.93.